The van der Waals surface area contributed by atoms with E-state index >= 15 is 0 Å². The van der Waals surface area contributed by atoms with Gasteiger partial charge in [-0.1, -0.05) is 24.3 Å². The maximum Gasteiger partial charge on any atom is 0.416 e. The van der Waals surface area contributed by atoms with Crippen LogP contribution in [0.15, 0.2) is 59.0 Å². The second-order valence-corrected chi connectivity index (χ2v) is 8.28. The Morgan fingerprint density at radius 1 is 1.15 bits per heavy atom. The van der Waals surface area contributed by atoms with Crippen molar-refractivity contribution in [2.24, 2.45) is 5.10 Å². The average molecular weight is 506 g/mol. The molecule has 2 aromatic carbocycles. The van der Waals surface area contributed by atoms with Gasteiger partial charge in [-0.3, -0.25) is 5.43 Å². The van der Waals surface area contributed by atoms with Gasteiger partial charge in [0.05, 0.1) is 27.3 Å². The van der Waals surface area contributed by atoms with Gasteiger partial charge in [0.15, 0.2) is 5.11 Å². The van der Waals surface area contributed by atoms with E-state index < -0.39 is 17.7 Å². The predicted molar refractivity (Wildman–Crippen MR) is 131 cm³/mol. The van der Waals surface area contributed by atoms with Crippen LogP contribution in [-0.4, -0.2) is 27.0 Å². The van der Waals surface area contributed by atoms with Crippen molar-refractivity contribution in [2.75, 3.05) is 5.32 Å². The molecule has 0 saturated heterocycles. The number of aromatic carboxylic acids is 1. The molecule has 1 aromatic heterocycles. The number of thiophene rings is 1. The van der Waals surface area contributed by atoms with Gasteiger partial charge in [-0.2, -0.15) is 18.3 Å². The van der Waals surface area contributed by atoms with Crippen molar-refractivity contribution in [3.05, 3.63) is 81.0 Å². The normalized spacial score (nSPS) is 12.1. The van der Waals surface area contributed by atoms with Crippen molar-refractivity contribution in [1.82, 2.24) is 5.43 Å². The number of carboxylic acid groups (broad SMARTS) is 1. The molecule has 0 spiro atoms. The molecule has 11 heteroatoms. The van der Waals surface area contributed by atoms with E-state index in [1.807, 2.05) is 0 Å². The highest BCUT2D eigenvalue weighted by molar-refractivity contribution is 7.80. The molecule has 0 fully saturated rings. The molecule has 6 nitrogen and oxygen atoms in total. The number of alkyl halides is 3. The number of rotatable bonds is 6. The molecule has 0 aliphatic rings. The zero-order valence-electron chi connectivity index (χ0n) is 17.6. The van der Waals surface area contributed by atoms with Gasteiger partial charge in [0, 0.05) is 11.1 Å². The van der Waals surface area contributed by atoms with Crippen LogP contribution in [0.4, 0.5) is 18.9 Å². The summed E-state index contributed by atoms with van der Waals surface area (Å²) in [5.41, 5.74) is 3.93. The fraction of sp³-hybridized carbons (Fsp3) is 0.0870. The SMILES string of the molecule is C/C(=N\NC(=S)Nc1cccc(C(=O)O)c1)c1csc(C=Cc2ccc(C(F)(F)F)cc2)c1O. The number of anilines is 1. The number of nitrogens with one attached hydrogen (secondary N) is 2. The molecule has 0 saturated carbocycles. The Kier molecular flexibility index (Phi) is 7.69. The average Bonchev–Trinajstić information content (AvgIpc) is 3.16. The number of carboxylic acids is 1. The van der Waals surface area contributed by atoms with E-state index in [1.54, 1.807) is 36.6 Å². The molecule has 3 aromatic rings. The van der Waals surface area contributed by atoms with E-state index in [4.69, 9.17) is 17.3 Å². The van der Waals surface area contributed by atoms with Crippen molar-refractivity contribution >= 4 is 58.2 Å². The van der Waals surface area contributed by atoms with Crippen LogP contribution in [0.1, 0.15) is 38.8 Å². The summed E-state index contributed by atoms with van der Waals surface area (Å²) in [5, 5.41) is 28.3. The highest BCUT2D eigenvalue weighted by Gasteiger charge is 2.29. The van der Waals surface area contributed by atoms with Gasteiger partial charge in [0.2, 0.25) is 0 Å². The second kappa shape index (κ2) is 10.5. The maximum atomic E-state index is 12.7. The molecule has 0 aliphatic heterocycles. The summed E-state index contributed by atoms with van der Waals surface area (Å²) in [7, 11) is 0. The molecule has 0 bridgehead atoms. The van der Waals surface area contributed by atoms with Crippen LogP contribution in [0.25, 0.3) is 12.2 Å². The zero-order valence-corrected chi connectivity index (χ0v) is 19.2. The summed E-state index contributed by atoms with van der Waals surface area (Å²) in [4.78, 5) is 11.6. The Balaban J connectivity index is 1.65. The lowest BCUT2D eigenvalue weighted by molar-refractivity contribution is -0.137. The van der Waals surface area contributed by atoms with E-state index in [9.17, 15) is 23.1 Å². The number of benzene rings is 2. The van der Waals surface area contributed by atoms with E-state index in [-0.39, 0.29) is 16.4 Å². The molecular weight excluding hydrogens is 487 g/mol. The Bertz CT molecular complexity index is 1270. The molecule has 0 amide bonds. The third kappa shape index (κ3) is 6.42. The highest BCUT2D eigenvalue weighted by Crippen LogP contribution is 2.32. The number of aromatic hydroxyl groups is 1. The molecule has 0 atom stereocenters. The van der Waals surface area contributed by atoms with E-state index in [0.29, 0.717) is 27.4 Å². The van der Waals surface area contributed by atoms with Crippen LogP contribution in [0.2, 0.25) is 0 Å². The molecule has 4 N–H and O–H groups in total. The minimum absolute atomic E-state index is 0.0238. The summed E-state index contributed by atoms with van der Waals surface area (Å²) in [6.07, 6.45) is -1.19. The number of nitrogens with zero attached hydrogens (tertiary/aromatic N) is 1. The smallest absolute Gasteiger partial charge is 0.416 e. The van der Waals surface area contributed by atoms with Crippen LogP contribution in [0.5, 0.6) is 5.75 Å². The first-order chi connectivity index (χ1) is 16.0. The molecule has 0 unspecified atom stereocenters. The molecular formula is C23H18F3N3O3S2. The molecule has 176 valence electrons. The lowest BCUT2D eigenvalue weighted by Gasteiger charge is -2.08. The van der Waals surface area contributed by atoms with Gasteiger partial charge in [-0.25, -0.2) is 4.79 Å². The standard InChI is InChI=1S/C23H18F3N3O3S2/c1-13(28-29-22(33)27-17-4-2-3-15(11-17)21(31)32)18-12-34-19(20(18)30)10-7-14-5-8-16(9-6-14)23(24,25)26/h2-12,30H,1H3,(H,31,32)(H2,27,29,33)/b10-7?,28-13+. The van der Waals surface area contributed by atoms with Gasteiger partial charge in [-0.05, 0) is 61.1 Å². The monoisotopic (exact) mass is 505 g/mol. The fourth-order valence-corrected chi connectivity index (χ4v) is 3.84. The van der Waals surface area contributed by atoms with Crippen LogP contribution in [0.3, 0.4) is 0 Å². The lowest BCUT2D eigenvalue weighted by Crippen LogP contribution is -2.25. The van der Waals surface area contributed by atoms with Gasteiger partial charge >= 0.3 is 12.1 Å². The summed E-state index contributed by atoms with van der Waals surface area (Å²) in [5.74, 6) is -1.09. The van der Waals surface area contributed by atoms with E-state index in [2.05, 4.69) is 15.8 Å². The van der Waals surface area contributed by atoms with Crippen molar-refractivity contribution in [2.45, 2.75) is 13.1 Å². The molecule has 0 radical (unpaired) electrons. The third-order valence-electron chi connectivity index (χ3n) is 4.54. The number of thiocarbonyl (C=S) groups is 1. The van der Waals surface area contributed by atoms with Crippen LogP contribution in [0, 0.1) is 0 Å². The van der Waals surface area contributed by atoms with Gasteiger partial charge in [0.25, 0.3) is 0 Å². The number of hydrogen-bond acceptors (Lipinski definition) is 5. The van der Waals surface area contributed by atoms with Crippen molar-refractivity contribution in [3.63, 3.8) is 0 Å². The minimum atomic E-state index is -4.39. The summed E-state index contributed by atoms with van der Waals surface area (Å²) in [6, 6.07) is 10.8. The van der Waals surface area contributed by atoms with Crippen LogP contribution in [-0.2, 0) is 6.18 Å². The first kappa shape index (κ1) is 24.9. The summed E-state index contributed by atoms with van der Waals surface area (Å²) >= 11 is 6.40. The molecule has 1 heterocycles. The first-order valence-corrected chi connectivity index (χ1v) is 10.9. The predicted octanol–water partition coefficient (Wildman–Crippen LogP) is 6.05. The zero-order chi connectivity index (χ0) is 24.9. The summed E-state index contributed by atoms with van der Waals surface area (Å²) in [6.45, 7) is 1.66. The topological polar surface area (TPSA) is 94.0 Å². The van der Waals surface area contributed by atoms with E-state index in [0.717, 1.165) is 12.1 Å². The second-order valence-electron chi connectivity index (χ2n) is 6.96. The van der Waals surface area contributed by atoms with Gasteiger partial charge in [0.1, 0.15) is 5.75 Å². The van der Waals surface area contributed by atoms with Crippen molar-refractivity contribution in [1.29, 1.82) is 0 Å². The number of hydrogen-bond donors (Lipinski definition) is 4. The Labute approximate surface area is 202 Å². The molecule has 34 heavy (non-hydrogen) atoms. The van der Waals surface area contributed by atoms with Crippen LogP contribution >= 0.6 is 23.6 Å². The van der Waals surface area contributed by atoms with Crippen molar-refractivity contribution < 1.29 is 28.2 Å². The number of hydrazone groups is 1. The Hall–Kier alpha value is -3.70. The van der Waals surface area contributed by atoms with Gasteiger partial charge in [-0.15, -0.1) is 11.3 Å². The quantitative estimate of drug-likeness (QED) is 0.185. The first-order valence-electron chi connectivity index (χ1n) is 9.65. The van der Waals surface area contributed by atoms with Crippen molar-refractivity contribution in [3.8, 4) is 5.75 Å². The number of halogens is 3. The maximum absolute atomic E-state index is 12.7. The number of carbonyl (C=O) groups is 1. The minimum Gasteiger partial charge on any atom is -0.506 e. The third-order valence-corrected chi connectivity index (χ3v) is 5.67. The Morgan fingerprint density at radius 2 is 1.85 bits per heavy atom. The van der Waals surface area contributed by atoms with Crippen LogP contribution < -0.4 is 10.7 Å². The lowest BCUT2D eigenvalue weighted by atomic mass is 10.1. The molecule has 0 aliphatic carbocycles. The fourth-order valence-electron chi connectivity index (χ4n) is 2.78. The van der Waals surface area contributed by atoms with E-state index in [1.165, 1.54) is 35.6 Å². The van der Waals surface area contributed by atoms with Gasteiger partial charge < -0.3 is 15.5 Å². The largest absolute Gasteiger partial charge is 0.506 e. The molecule has 3 rings (SSSR count). The Morgan fingerprint density at radius 3 is 2.50 bits per heavy atom. The highest BCUT2D eigenvalue weighted by atomic mass is 32.1. The summed E-state index contributed by atoms with van der Waals surface area (Å²) < 4.78 is 38.0.